The first-order valence-electron chi connectivity index (χ1n) is 9.38. The van der Waals surface area contributed by atoms with E-state index in [9.17, 15) is 0 Å². The van der Waals surface area contributed by atoms with Gasteiger partial charge in [-0.2, -0.15) is 0 Å². The maximum atomic E-state index is 5.66. The van der Waals surface area contributed by atoms with Crippen LogP contribution in [0.3, 0.4) is 0 Å². The first-order chi connectivity index (χ1) is 12.9. The van der Waals surface area contributed by atoms with Gasteiger partial charge in [0.15, 0.2) is 0 Å². The molecule has 0 saturated heterocycles. The molecule has 0 fully saturated rings. The number of unbranched alkanes of at least 4 members (excludes halogenated alkanes) is 2. The number of thioether (sulfide) groups is 1. The number of benzene rings is 3. The Morgan fingerprint density at radius 2 is 1.00 bits per heavy atom. The van der Waals surface area contributed by atoms with Crippen molar-refractivity contribution in [1.29, 1.82) is 0 Å². The molecule has 0 unspecified atom stereocenters. The molecule has 0 saturated carbocycles. The van der Waals surface area contributed by atoms with Crippen molar-refractivity contribution in [2.24, 2.45) is 5.73 Å². The fourth-order valence-electron chi connectivity index (χ4n) is 3.42. The maximum absolute atomic E-state index is 5.66. The van der Waals surface area contributed by atoms with Crippen LogP contribution in [0.15, 0.2) is 91.0 Å². The third-order valence-electron chi connectivity index (χ3n) is 4.71. The van der Waals surface area contributed by atoms with Gasteiger partial charge in [0.2, 0.25) is 0 Å². The van der Waals surface area contributed by atoms with E-state index in [0.717, 1.165) is 18.7 Å². The summed E-state index contributed by atoms with van der Waals surface area (Å²) >= 11 is 2.04. The summed E-state index contributed by atoms with van der Waals surface area (Å²) in [6, 6.07) is 32.7. The van der Waals surface area contributed by atoms with E-state index in [1.54, 1.807) is 0 Å². The van der Waals surface area contributed by atoms with E-state index in [0.29, 0.717) is 0 Å². The van der Waals surface area contributed by atoms with Gasteiger partial charge in [0.05, 0.1) is 4.75 Å². The molecule has 0 aliphatic heterocycles. The fourth-order valence-corrected chi connectivity index (χ4v) is 4.98. The fraction of sp³-hybridized carbons (Fsp3) is 0.250. The van der Waals surface area contributed by atoms with Crippen LogP contribution in [0.4, 0.5) is 0 Å². The minimum atomic E-state index is -0.188. The zero-order chi connectivity index (χ0) is 18.1. The summed E-state index contributed by atoms with van der Waals surface area (Å²) < 4.78 is -0.188. The number of nitrogens with two attached hydrogens (primary N) is 1. The van der Waals surface area contributed by atoms with Crippen LogP contribution < -0.4 is 5.73 Å². The van der Waals surface area contributed by atoms with Crippen LogP contribution in [0, 0.1) is 0 Å². The quantitative estimate of drug-likeness (QED) is 0.383. The Hall–Kier alpha value is -2.03. The van der Waals surface area contributed by atoms with Gasteiger partial charge in [-0.15, -0.1) is 11.8 Å². The summed E-state index contributed by atoms with van der Waals surface area (Å²) in [6.45, 7) is 0.784. The third kappa shape index (κ3) is 4.20. The van der Waals surface area contributed by atoms with Gasteiger partial charge in [0, 0.05) is 0 Å². The van der Waals surface area contributed by atoms with Crippen molar-refractivity contribution in [3.8, 4) is 0 Å². The summed E-state index contributed by atoms with van der Waals surface area (Å²) in [5.41, 5.74) is 9.67. The molecule has 0 bridgehead atoms. The predicted molar refractivity (Wildman–Crippen MR) is 115 cm³/mol. The minimum absolute atomic E-state index is 0.188. The molecule has 0 spiro atoms. The minimum Gasteiger partial charge on any atom is -0.330 e. The Balaban J connectivity index is 2.06. The molecule has 0 atom stereocenters. The van der Waals surface area contributed by atoms with Gasteiger partial charge in [0.25, 0.3) is 0 Å². The Morgan fingerprint density at radius 1 is 0.577 bits per heavy atom. The number of hydrogen-bond donors (Lipinski definition) is 1. The van der Waals surface area contributed by atoms with E-state index in [2.05, 4.69) is 91.0 Å². The van der Waals surface area contributed by atoms with Crippen LogP contribution in [0.1, 0.15) is 36.0 Å². The highest BCUT2D eigenvalue weighted by molar-refractivity contribution is 8.00. The predicted octanol–water partition coefficient (Wildman–Crippen LogP) is 5.84. The van der Waals surface area contributed by atoms with Crippen molar-refractivity contribution in [1.82, 2.24) is 0 Å². The van der Waals surface area contributed by atoms with Crippen LogP contribution in [0.2, 0.25) is 0 Å². The maximum Gasteiger partial charge on any atom is 0.0906 e. The third-order valence-corrected chi connectivity index (χ3v) is 6.34. The van der Waals surface area contributed by atoms with E-state index in [4.69, 9.17) is 5.73 Å². The molecule has 3 aromatic rings. The number of rotatable bonds is 9. The summed E-state index contributed by atoms with van der Waals surface area (Å²) in [4.78, 5) is 0. The molecule has 0 aromatic heterocycles. The van der Waals surface area contributed by atoms with Crippen LogP contribution in [0.5, 0.6) is 0 Å². The van der Waals surface area contributed by atoms with Gasteiger partial charge in [-0.1, -0.05) is 97.4 Å². The van der Waals surface area contributed by atoms with Gasteiger partial charge >= 0.3 is 0 Å². The largest absolute Gasteiger partial charge is 0.330 e. The molecule has 134 valence electrons. The van der Waals surface area contributed by atoms with Gasteiger partial charge in [0.1, 0.15) is 0 Å². The highest BCUT2D eigenvalue weighted by atomic mass is 32.2. The van der Waals surface area contributed by atoms with Gasteiger partial charge in [-0.05, 0) is 41.8 Å². The summed E-state index contributed by atoms with van der Waals surface area (Å²) in [5, 5.41) is 0. The molecule has 0 amide bonds. The van der Waals surface area contributed by atoms with E-state index in [1.807, 2.05) is 11.8 Å². The topological polar surface area (TPSA) is 26.0 Å². The average molecular weight is 362 g/mol. The Morgan fingerprint density at radius 3 is 1.38 bits per heavy atom. The second kappa shape index (κ2) is 9.61. The lowest BCUT2D eigenvalue weighted by atomic mass is 9.84. The Kier molecular flexibility index (Phi) is 6.93. The number of hydrogen-bond acceptors (Lipinski definition) is 2. The van der Waals surface area contributed by atoms with Crippen LogP contribution in [0.25, 0.3) is 0 Å². The molecule has 2 heteroatoms. The normalized spacial score (nSPS) is 11.4. The first-order valence-corrected chi connectivity index (χ1v) is 10.4. The molecule has 0 heterocycles. The van der Waals surface area contributed by atoms with E-state index >= 15 is 0 Å². The molecule has 3 rings (SSSR count). The van der Waals surface area contributed by atoms with Gasteiger partial charge in [-0.3, -0.25) is 0 Å². The molecule has 2 N–H and O–H groups in total. The second-order valence-corrected chi connectivity index (χ2v) is 7.79. The Bertz CT molecular complexity index is 659. The standard InChI is InChI=1S/C24H27NS/c25-19-11-4-12-20-26-24(21-13-5-1-6-14-21,22-15-7-2-8-16-22)23-17-9-3-10-18-23/h1-3,5-10,13-18H,4,11-12,19-20,25H2. The lowest BCUT2D eigenvalue weighted by Gasteiger charge is -2.35. The van der Waals surface area contributed by atoms with Crippen molar-refractivity contribution >= 4 is 11.8 Å². The Labute approximate surface area is 161 Å². The molecule has 3 aromatic carbocycles. The highest BCUT2D eigenvalue weighted by Gasteiger charge is 2.36. The highest BCUT2D eigenvalue weighted by Crippen LogP contribution is 2.48. The van der Waals surface area contributed by atoms with E-state index in [-0.39, 0.29) is 4.75 Å². The van der Waals surface area contributed by atoms with E-state index < -0.39 is 0 Å². The molecule has 0 aliphatic rings. The van der Waals surface area contributed by atoms with Crippen molar-refractivity contribution in [3.63, 3.8) is 0 Å². The van der Waals surface area contributed by atoms with E-state index in [1.165, 1.54) is 29.5 Å². The van der Waals surface area contributed by atoms with Crippen LogP contribution in [-0.2, 0) is 4.75 Å². The molecule has 0 aliphatic carbocycles. The van der Waals surface area contributed by atoms with Gasteiger partial charge in [-0.25, -0.2) is 0 Å². The summed E-state index contributed by atoms with van der Waals surface area (Å²) in [6.07, 6.45) is 3.49. The monoisotopic (exact) mass is 361 g/mol. The van der Waals surface area contributed by atoms with Crippen LogP contribution in [-0.4, -0.2) is 12.3 Å². The average Bonchev–Trinajstić information content (AvgIpc) is 2.73. The SMILES string of the molecule is NCCCCCSC(c1ccccc1)(c1ccccc1)c1ccccc1. The summed E-state index contributed by atoms with van der Waals surface area (Å²) in [7, 11) is 0. The molecule has 0 radical (unpaired) electrons. The summed E-state index contributed by atoms with van der Waals surface area (Å²) in [5.74, 6) is 1.11. The molecule has 26 heavy (non-hydrogen) atoms. The smallest absolute Gasteiger partial charge is 0.0906 e. The second-order valence-electron chi connectivity index (χ2n) is 6.48. The van der Waals surface area contributed by atoms with Crippen molar-refractivity contribution < 1.29 is 0 Å². The van der Waals surface area contributed by atoms with Gasteiger partial charge < -0.3 is 5.73 Å². The van der Waals surface area contributed by atoms with Crippen LogP contribution >= 0.6 is 11.8 Å². The lowest BCUT2D eigenvalue weighted by Crippen LogP contribution is -2.26. The lowest BCUT2D eigenvalue weighted by molar-refractivity contribution is 0.730. The van der Waals surface area contributed by atoms with Crippen molar-refractivity contribution in [2.75, 3.05) is 12.3 Å². The molecular formula is C24H27NS. The van der Waals surface area contributed by atoms with Crippen molar-refractivity contribution in [2.45, 2.75) is 24.0 Å². The zero-order valence-electron chi connectivity index (χ0n) is 15.2. The zero-order valence-corrected chi connectivity index (χ0v) is 16.0. The first kappa shape index (κ1) is 18.8. The molecular weight excluding hydrogens is 334 g/mol. The molecule has 1 nitrogen and oxygen atoms in total. The van der Waals surface area contributed by atoms with Crippen molar-refractivity contribution in [3.05, 3.63) is 108 Å².